The molecule has 1 fully saturated rings. The van der Waals surface area contributed by atoms with E-state index in [4.69, 9.17) is 0 Å². The van der Waals surface area contributed by atoms with Crippen LogP contribution in [0.1, 0.15) is 5.56 Å². The lowest BCUT2D eigenvalue weighted by molar-refractivity contribution is -0.123. The quantitative estimate of drug-likeness (QED) is 0.551. The van der Waals surface area contributed by atoms with Gasteiger partial charge in [0.25, 0.3) is 11.1 Å². The van der Waals surface area contributed by atoms with Crippen LogP contribution in [0.15, 0.2) is 58.6 Å². The standard InChI is InChI=1S/C19H16FN3O3S2/c20-14-6-2-1-5-13(14)11-15-18(25)23(19(26)28-15)10-9-21-16(24)12-27-17-7-3-4-8-22-17/h1-8,11H,9-10,12H2,(H,21,24)/b15-11-. The molecule has 1 N–H and O–H groups in total. The fraction of sp³-hybridized carbons (Fsp3) is 0.158. The molecule has 6 nitrogen and oxygen atoms in total. The first-order chi connectivity index (χ1) is 13.5. The summed E-state index contributed by atoms with van der Waals surface area (Å²) in [5.74, 6) is -0.988. The molecule has 9 heteroatoms. The summed E-state index contributed by atoms with van der Waals surface area (Å²) in [4.78, 5) is 41.7. The van der Waals surface area contributed by atoms with Gasteiger partial charge in [-0.1, -0.05) is 36.0 Å². The molecule has 1 aliphatic rings. The minimum atomic E-state index is -0.490. The molecule has 0 spiro atoms. The van der Waals surface area contributed by atoms with Crippen LogP contribution in [0, 0.1) is 5.82 Å². The topological polar surface area (TPSA) is 79.4 Å². The maximum atomic E-state index is 13.7. The Balaban J connectivity index is 1.49. The number of thioether (sulfide) groups is 2. The Morgan fingerprint density at radius 3 is 2.75 bits per heavy atom. The summed E-state index contributed by atoms with van der Waals surface area (Å²) in [6, 6.07) is 11.4. The lowest BCUT2D eigenvalue weighted by Crippen LogP contribution is -2.37. The lowest BCUT2D eigenvalue weighted by Gasteiger charge is -2.12. The van der Waals surface area contributed by atoms with Crippen molar-refractivity contribution in [3.8, 4) is 0 Å². The van der Waals surface area contributed by atoms with Gasteiger partial charge in [-0.2, -0.15) is 0 Å². The summed E-state index contributed by atoms with van der Waals surface area (Å²) in [5, 5.41) is 2.97. The second-order valence-electron chi connectivity index (χ2n) is 5.66. The number of imide groups is 1. The van der Waals surface area contributed by atoms with Crippen molar-refractivity contribution in [2.45, 2.75) is 5.03 Å². The molecule has 3 rings (SSSR count). The highest BCUT2D eigenvalue weighted by atomic mass is 32.2. The molecule has 28 heavy (non-hydrogen) atoms. The highest BCUT2D eigenvalue weighted by Crippen LogP contribution is 2.32. The summed E-state index contributed by atoms with van der Waals surface area (Å²) in [5.41, 5.74) is 0.243. The van der Waals surface area contributed by atoms with Crippen LogP contribution in [0.4, 0.5) is 9.18 Å². The number of nitrogens with one attached hydrogen (secondary N) is 1. The molecule has 3 amide bonds. The van der Waals surface area contributed by atoms with Crippen LogP contribution >= 0.6 is 23.5 Å². The average Bonchev–Trinajstić information content (AvgIpc) is 2.96. The number of rotatable bonds is 7. The fourth-order valence-corrected chi connectivity index (χ4v) is 3.90. The van der Waals surface area contributed by atoms with E-state index in [1.165, 1.54) is 30.0 Å². The molecule has 0 radical (unpaired) electrons. The molecule has 2 heterocycles. The van der Waals surface area contributed by atoms with Crippen LogP contribution < -0.4 is 5.32 Å². The molecule has 1 saturated heterocycles. The molecule has 0 unspecified atom stereocenters. The minimum absolute atomic E-state index is 0.0548. The van der Waals surface area contributed by atoms with Gasteiger partial charge in [0, 0.05) is 24.8 Å². The Bertz CT molecular complexity index is 922. The second kappa shape index (κ2) is 9.52. The van der Waals surface area contributed by atoms with Gasteiger partial charge in [-0.15, -0.1) is 0 Å². The lowest BCUT2D eigenvalue weighted by atomic mass is 10.2. The van der Waals surface area contributed by atoms with Crippen LogP contribution in [0.25, 0.3) is 6.08 Å². The van der Waals surface area contributed by atoms with Crippen molar-refractivity contribution in [3.63, 3.8) is 0 Å². The Labute approximate surface area is 169 Å². The predicted octanol–water partition coefficient (Wildman–Crippen LogP) is 3.17. The van der Waals surface area contributed by atoms with Gasteiger partial charge in [-0.25, -0.2) is 9.37 Å². The number of amides is 3. The molecule has 0 bridgehead atoms. The second-order valence-corrected chi connectivity index (χ2v) is 7.65. The molecule has 1 aromatic heterocycles. The van der Waals surface area contributed by atoms with Gasteiger partial charge in [0.05, 0.1) is 15.7 Å². The van der Waals surface area contributed by atoms with E-state index in [0.717, 1.165) is 21.7 Å². The Kier molecular flexibility index (Phi) is 6.83. The predicted molar refractivity (Wildman–Crippen MR) is 107 cm³/mol. The van der Waals surface area contributed by atoms with Gasteiger partial charge in [-0.3, -0.25) is 19.3 Å². The van der Waals surface area contributed by atoms with Crippen molar-refractivity contribution in [2.24, 2.45) is 0 Å². The largest absolute Gasteiger partial charge is 0.354 e. The van der Waals surface area contributed by atoms with Gasteiger partial charge in [-0.05, 0) is 36.0 Å². The molecule has 0 saturated carbocycles. The van der Waals surface area contributed by atoms with Crippen molar-refractivity contribution in [3.05, 3.63) is 64.9 Å². The highest BCUT2D eigenvalue weighted by molar-refractivity contribution is 8.18. The molecular weight excluding hydrogens is 401 g/mol. The van der Waals surface area contributed by atoms with E-state index in [-0.39, 0.29) is 35.2 Å². The first kappa shape index (κ1) is 20.1. The summed E-state index contributed by atoms with van der Waals surface area (Å²) in [6.45, 7) is 0.200. The number of benzene rings is 1. The van der Waals surface area contributed by atoms with Crippen molar-refractivity contribution >= 4 is 46.7 Å². The van der Waals surface area contributed by atoms with E-state index in [1.807, 2.05) is 6.07 Å². The van der Waals surface area contributed by atoms with E-state index < -0.39 is 17.0 Å². The molecule has 144 valence electrons. The number of hydrogen-bond donors (Lipinski definition) is 1. The molecule has 2 aromatic rings. The SMILES string of the molecule is O=C(CSc1ccccn1)NCCN1C(=O)S/C(=C\c2ccccc2F)C1=O. The van der Waals surface area contributed by atoms with E-state index in [9.17, 15) is 18.8 Å². The molecular formula is C19H16FN3O3S2. The number of carbonyl (C=O) groups is 3. The van der Waals surface area contributed by atoms with Crippen LogP contribution in [0.5, 0.6) is 0 Å². The van der Waals surface area contributed by atoms with Crippen molar-refractivity contribution < 1.29 is 18.8 Å². The third-order valence-electron chi connectivity index (χ3n) is 3.71. The first-order valence-electron chi connectivity index (χ1n) is 8.35. The van der Waals surface area contributed by atoms with Gasteiger partial charge in [0.1, 0.15) is 5.82 Å². The van der Waals surface area contributed by atoms with Crippen LogP contribution in [-0.4, -0.2) is 45.8 Å². The van der Waals surface area contributed by atoms with E-state index in [0.29, 0.717) is 0 Å². The van der Waals surface area contributed by atoms with Crippen LogP contribution in [0.3, 0.4) is 0 Å². The molecule has 1 aliphatic heterocycles. The molecule has 0 atom stereocenters. The Morgan fingerprint density at radius 2 is 2.00 bits per heavy atom. The van der Waals surface area contributed by atoms with Gasteiger partial charge >= 0.3 is 0 Å². The van der Waals surface area contributed by atoms with Crippen LogP contribution in [-0.2, 0) is 9.59 Å². The summed E-state index contributed by atoms with van der Waals surface area (Å²) in [7, 11) is 0. The molecule has 1 aromatic carbocycles. The minimum Gasteiger partial charge on any atom is -0.354 e. The maximum Gasteiger partial charge on any atom is 0.293 e. The Morgan fingerprint density at radius 1 is 1.21 bits per heavy atom. The number of nitrogens with zero attached hydrogens (tertiary/aromatic N) is 2. The average molecular weight is 417 g/mol. The summed E-state index contributed by atoms with van der Waals surface area (Å²) in [6.07, 6.45) is 3.01. The third kappa shape index (κ3) is 5.20. The normalized spacial score (nSPS) is 15.3. The zero-order valence-corrected chi connectivity index (χ0v) is 16.3. The van der Waals surface area contributed by atoms with E-state index in [2.05, 4.69) is 10.3 Å². The number of carbonyl (C=O) groups excluding carboxylic acids is 3. The summed E-state index contributed by atoms with van der Waals surface area (Å²) >= 11 is 2.05. The van der Waals surface area contributed by atoms with Crippen molar-refractivity contribution in [1.82, 2.24) is 15.2 Å². The smallest absolute Gasteiger partial charge is 0.293 e. The molecule has 0 aliphatic carbocycles. The van der Waals surface area contributed by atoms with Gasteiger partial charge in [0.15, 0.2) is 0 Å². The number of aromatic nitrogens is 1. The van der Waals surface area contributed by atoms with Crippen molar-refractivity contribution in [2.75, 3.05) is 18.8 Å². The van der Waals surface area contributed by atoms with Gasteiger partial charge < -0.3 is 5.32 Å². The zero-order chi connectivity index (χ0) is 19.9. The van der Waals surface area contributed by atoms with E-state index in [1.54, 1.807) is 30.5 Å². The van der Waals surface area contributed by atoms with Crippen molar-refractivity contribution in [1.29, 1.82) is 0 Å². The number of hydrogen-bond acceptors (Lipinski definition) is 6. The fourth-order valence-electron chi connectivity index (χ4n) is 2.36. The highest BCUT2D eigenvalue weighted by Gasteiger charge is 2.34. The summed E-state index contributed by atoms with van der Waals surface area (Å²) < 4.78 is 13.7. The maximum absolute atomic E-state index is 13.7. The van der Waals surface area contributed by atoms with E-state index >= 15 is 0 Å². The zero-order valence-electron chi connectivity index (χ0n) is 14.6. The Hall–Kier alpha value is -2.65. The van der Waals surface area contributed by atoms with Gasteiger partial charge in [0.2, 0.25) is 5.91 Å². The monoisotopic (exact) mass is 417 g/mol. The number of pyridine rings is 1. The third-order valence-corrected chi connectivity index (χ3v) is 5.56. The first-order valence-corrected chi connectivity index (χ1v) is 10.2. The van der Waals surface area contributed by atoms with Crippen LogP contribution in [0.2, 0.25) is 0 Å². The number of halogens is 1.